The number of alkyl halides is 3. The van der Waals surface area contributed by atoms with Gasteiger partial charge in [0.15, 0.2) is 10.9 Å². The fraction of sp³-hybridized carbons (Fsp3) is 0.375. The average molecular weight is 587 g/mol. The van der Waals surface area contributed by atoms with Gasteiger partial charge in [0.25, 0.3) is 0 Å². The number of aliphatic hydroxyl groups excluding tert-OH is 1. The van der Waals surface area contributed by atoms with Crippen LogP contribution in [0.15, 0.2) is 18.2 Å². The van der Waals surface area contributed by atoms with Crippen LogP contribution in [-0.2, 0) is 0 Å². The highest BCUT2D eigenvalue weighted by Crippen LogP contribution is 2.43. The number of nitrogens with one attached hydrogen (secondary N) is 1. The minimum absolute atomic E-state index is 0.0559. The minimum Gasteiger partial charge on any atom is -0.448 e. The number of nitrogen functional groups attached to an aromatic ring is 1. The van der Waals surface area contributed by atoms with Crippen molar-refractivity contribution in [3.8, 4) is 17.1 Å². The molecule has 0 amide bonds. The van der Waals surface area contributed by atoms with Crippen LogP contribution in [0, 0.1) is 11.6 Å². The van der Waals surface area contributed by atoms with Crippen molar-refractivity contribution >= 4 is 55.0 Å². The monoisotopic (exact) mass is 586 g/mol. The highest BCUT2D eigenvalue weighted by atomic mass is 35.5. The van der Waals surface area contributed by atoms with Crippen molar-refractivity contribution in [2.45, 2.75) is 37.2 Å². The van der Waals surface area contributed by atoms with Crippen LogP contribution in [0.4, 0.5) is 32.9 Å². The van der Waals surface area contributed by atoms with Crippen molar-refractivity contribution in [3.05, 3.63) is 34.9 Å². The molecule has 3 unspecified atom stereocenters. The van der Waals surface area contributed by atoms with Crippen molar-refractivity contribution in [2.24, 2.45) is 0 Å². The molecule has 39 heavy (non-hydrogen) atoms. The molecule has 0 saturated carbocycles. The second kappa shape index (κ2) is 9.54. The Morgan fingerprint density at radius 3 is 2.54 bits per heavy atom. The van der Waals surface area contributed by atoms with E-state index in [4.69, 9.17) is 22.1 Å². The standard InChI is InChI=1S/C24H20ClF5N6O2S/c25-13-5-12-18(17(27)16(13)11-3-4-14(26)20-19(11)33-22(31)39-20)34-23(38-15(8-37)24(28,29)30)35-21(12)36-6-9-1-2-10(7-36)32-9/h3-5,9-10,15,32,37H,1-2,6-8H2,(H2,31,33). The van der Waals surface area contributed by atoms with E-state index in [0.717, 1.165) is 30.2 Å². The van der Waals surface area contributed by atoms with Gasteiger partial charge in [-0.25, -0.2) is 13.8 Å². The van der Waals surface area contributed by atoms with E-state index in [1.165, 1.54) is 12.1 Å². The number of hydrogen-bond acceptors (Lipinski definition) is 9. The zero-order valence-electron chi connectivity index (χ0n) is 19.9. The maximum Gasteiger partial charge on any atom is 0.427 e. The molecule has 0 aliphatic carbocycles. The summed E-state index contributed by atoms with van der Waals surface area (Å²) in [5, 5.41) is 12.9. The van der Waals surface area contributed by atoms with Crippen molar-refractivity contribution in [1.29, 1.82) is 0 Å². The van der Waals surface area contributed by atoms with Gasteiger partial charge >= 0.3 is 12.2 Å². The number of nitrogens with zero attached hydrogens (tertiary/aromatic N) is 4. The first-order chi connectivity index (χ1) is 18.5. The third-order valence-corrected chi connectivity index (χ3v) is 8.11. The van der Waals surface area contributed by atoms with Gasteiger partial charge < -0.3 is 25.8 Å². The summed E-state index contributed by atoms with van der Waals surface area (Å²) >= 11 is 7.47. The Balaban J connectivity index is 1.57. The van der Waals surface area contributed by atoms with E-state index in [9.17, 15) is 22.7 Å². The van der Waals surface area contributed by atoms with Crippen LogP contribution in [0.2, 0.25) is 5.02 Å². The van der Waals surface area contributed by atoms with E-state index in [0.29, 0.717) is 13.1 Å². The molecule has 2 aromatic heterocycles. The van der Waals surface area contributed by atoms with Gasteiger partial charge in [-0.3, -0.25) is 0 Å². The van der Waals surface area contributed by atoms with Gasteiger partial charge in [0.2, 0.25) is 6.10 Å². The van der Waals surface area contributed by atoms with Crippen LogP contribution in [0.3, 0.4) is 0 Å². The second-order valence-corrected chi connectivity index (χ2v) is 10.9. The Morgan fingerprint density at radius 1 is 1.15 bits per heavy atom. The lowest BCUT2D eigenvalue weighted by Gasteiger charge is -2.34. The number of ether oxygens (including phenoxy) is 1. The summed E-state index contributed by atoms with van der Waals surface area (Å²) in [5.41, 5.74) is 5.47. The molecule has 6 rings (SSSR count). The fourth-order valence-corrected chi connectivity index (χ4v) is 6.26. The molecule has 2 saturated heterocycles. The first-order valence-corrected chi connectivity index (χ1v) is 13.1. The second-order valence-electron chi connectivity index (χ2n) is 9.47. The molecule has 4 heterocycles. The number of aliphatic hydroxyl groups is 1. The smallest absolute Gasteiger partial charge is 0.427 e. The lowest BCUT2D eigenvalue weighted by Crippen LogP contribution is -2.51. The largest absolute Gasteiger partial charge is 0.448 e. The van der Waals surface area contributed by atoms with Crippen molar-refractivity contribution in [1.82, 2.24) is 20.3 Å². The van der Waals surface area contributed by atoms with Crippen LogP contribution in [0.25, 0.3) is 32.2 Å². The SMILES string of the molecule is Nc1nc2c(-c3c(Cl)cc4c(N5CC6CCC(C5)N6)nc(OC(CO)C(F)(F)F)nc4c3F)ccc(F)c2s1. The summed E-state index contributed by atoms with van der Waals surface area (Å²) in [6.45, 7) is -0.434. The maximum absolute atomic E-state index is 16.3. The molecule has 2 fully saturated rings. The molecule has 0 radical (unpaired) electrons. The van der Waals surface area contributed by atoms with Gasteiger partial charge in [-0.2, -0.15) is 23.1 Å². The Bertz CT molecular complexity index is 1590. The predicted molar refractivity (Wildman–Crippen MR) is 137 cm³/mol. The lowest BCUT2D eigenvalue weighted by molar-refractivity contribution is -0.205. The molecule has 0 spiro atoms. The van der Waals surface area contributed by atoms with Crippen LogP contribution in [-0.4, -0.2) is 64.1 Å². The molecule has 206 valence electrons. The van der Waals surface area contributed by atoms with Crippen molar-refractivity contribution in [2.75, 3.05) is 30.3 Å². The number of benzene rings is 2. The number of rotatable bonds is 5. The Hall–Kier alpha value is -3.07. The van der Waals surface area contributed by atoms with Gasteiger partial charge in [0.05, 0.1) is 21.8 Å². The molecule has 2 aliphatic rings. The summed E-state index contributed by atoms with van der Waals surface area (Å²) in [6.07, 6.45) is -5.73. The van der Waals surface area contributed by atoms with E-state index >= 15 is 4.39 Å². The molecule has 2 aliphatic heterocycles. The van der Waals surface area contributed by atoms with E-state index in [2.05, 4.69) is 20.3 Å². The number of aromatic nitrogens is 3. The predicted octanol–water partition coefficient (Wildman–Crippen LogP) is 4.66. The van der Waals surface area contributed by atoms with E-state index in [-0.39, 0.29) is 60.3 Å². The van der Waals surface area contributed by atoms with Crippen molar-refractivity contribution < 1.29 is 31.8 Å². The first-order valence-electron chi connectivity index (χ1n) is 11.9. The number of hydrogen-bond donors (Lipinski definition) is 3. The van der Waals surface area contributed by atoms with Gasteiger partial charge in [-0.15, -0.1) is 0 Å². The molecular weight excluding hydrogens is 567 g/mol. The minimum atomic E-state index is -4.92. The maximum atomic E-state index is 16.3. The number of halogens is 6. The zero-order chi connectivity index (χ0) is 27.6. The summed E-state index contributed by atoms with van der Waals surface area (Å²) < 4.78 is 75.9. The highest BCUT2D eigenvalue weighted by Gasteiger charge is 2.42. The van der Waals surface area contributed by atoms with Gasteiger partial charge in [-0.1, -0.05) is 22.9 Å². The number of anilines is 2. The topological polar surface area (TPSA) is 109 Å². The Kier molecular flexibility index (Phi) is 6.40. The Labute approximate surface area is 226 Å². The Morgan fingerprint density at radius 2 is 1.87 bits per heavy atom. The molecule has 2 bridgehead atoms. The summed E-state index contributed by atoms with van der Waals surface area (Å²) in [7, 11) is 0. The van der Waals surface area contributed by atoms with E-state index < -0.39 is 36.5 Å². The van der Waals surface area contributed by atoms with Gasteiger partial charge in [0.1, 0.15) is 17.2 Å². The summed E-state index contributed by atoms with van der Waals surface area (Å²) in [6, 6.07) is 3.35. The number of nitrogens with two attached hydrogens (primary N) is 1. The zero-order valence-corrected chi connectivity index (χ0v) is 21.5. The van der Waals surface area contributed by atoms with Crippen LogP contribution >= 0.6 is 22.9 Å². The molecule has 8 nitrogen and oxygen atoms in total. The first kappa shape index (κ1) is 26.2. The summed E-state index contributed by atoms with van der Waals surface area (Å²) in [5.74, 6) is -1.42. The molecule has 4 aromatic rings. The molecule has 4 N–H and O–H groups in total. The van der Waals surface area contributed by atoms with Crippen LogP contribution < -0.4 is 20.7 Å². The van der Waals surface area contributed by atoms with E-state index in [1.807, 2.05) is 4.90 Å². The lowest BCUT2D eigenvalue weighted by atomic mass is 10.0. The average Bonchev–Trinajstić information content (AvgIpc) is 3.44. The summed E-state index contributed by atoms with van der Waals surface area (Å²) in [4.78, 5) is 14.2. The third kappa shape index (κ3) is 4.58. The normalized spacial score (nSPS) is 20.2. The van der Waals surface area contributed by atoms with Gasteiger partial charge in [-0.05, 0) is 31.0 Å². The highest BCUT2D eigenvalue weighted by molar-refractivity contribution is 7.22. The third-order valence-electron chi connectivity index (χ3n) is 6.92. The van der Waals surface area contributed by atoms with Crippen LogP contribution in [0.1, 0.15) is 12.8 Å². The molecule has 15 heteroatoms. The quantitative estimate of drug-likeness (QED) is 0.290. The number of fused-ring (bicyclic) bond motifs is 4. The molecule has 3 atom stereocenters. The number of thiazole rings is 1. The molecule has 2 aromatic carbocycles. The van der Waals surface area contributed by atoms with E-state index in [1.54, 1.807) is 0 Å². The van der Waals surface area contributed by atoms with Crippen molar-refractivity contribution in [3.63, 3.8) is 0 Å². The number of piperazine rings is 1. The van der Waals surface area contributed by atoms with Crippen LogP contribution in [0.5, 0.6) is 6.01 Å². The molecular formula is C24H20ClF5N6O2S. The fourth-order valence-electron chi connectivity index (χ4n) is 5.20. The van der Waals surface area contributed by atoms with Gasteiger partial charge in [0, 0.05) is 41.7 Å².